The van der Waals surface area contributed by atoms with E-state index >= 15 is 0 Å². The molecular weight excluding hydrogens is 488 g/mol. The van der Waals surface area contributed by atoms with Gasteiger partial charge in [0.1, 0.15) is 18.3 Å². The molecule has 1 fully saturated rings. The van der Waals surface area contributed by atoms with Gasteiger partial charge in [0.2, 0.25) is 5.28 Å². The minimum atomic E-state index is -1.26. The number of nitrogens with zero attached hydrogens (tertiary/aromatic N) is 5. The zero-order chi connectivity index (χ0) is 23.1. The molecule has 0 unspecified atom stereocenters. The van der Waals surface area contributed by atoms with Crippen LogP contribution in [0.4, 0.5) is 5.82 Å². The van der Waals surface area contributed by atoms with Gasteiger partial charge in [0.15, 0.2) is 27.5 Å². The Morgan fingerprint density at radius 2 is 2.06 bits per heavy atom. The Kier molecular flexibility index (Phi) is 6.40. The summed E-state index contributed by atoms with van der Waals surface area (Å²) < 4.78 is 9.23. The smallest absolute Gasteiger partial charge is 0.226 e. The molecule has 1 saturated heterocycles. The summed E-state index contributed by atoms with van der Waals surface area (Å²) in [5, 5.41) is 33.1. The summed E-state index contributed by atoms with van der Waals surface area (Å²) in [6, 6.07) is 8.05. The van der Waals surface area contributed by atoms with Gasteiger partial charge in [-0.1, -0.05) is 23.9 Å². The zero-order valence-corrected chi connectivity index (χ0v) is 19.8. The van der Waals surface area contributed by atoms with Gasteiger partial charge in [0.25, 0.3) is 0 Å². The molecule has 5 rings (SSSR count). The molecular formula is C20H21ClN6O4S2. The SMILES string of the molecule is C[C@H](CSc1nc2ccccc2s1)Nc1nc(Cl)nc2c1ncn2[C@H]1O[C@@H](CO)[C@H](O)[C@@H]1O. The molecule has 0 spiro atoms. The maximum atomic E-state index is 10.4. The van der Waals surface area contributed by atoms with Gasteiger partial charge in [0, 0.05) is 11.8 Å². The van der Waals surface area contributed by atoms with Gasteiger partial charge in [-0.05, 0) is 30.7 Å². The average molecular weight is 509 g/mol. The summed E-state index contributed by atoms with van der Waals surface area (Å²) in [6.45, 7) is 1.60. The molecule has 5 atom stereocenters. The number of halogens is 1. The lowest BCUT2D eigenvalue weighted by Gasteiger charge is -2.17. The number of aliphatic hydroxyl groups is 3. The first kappa shape index (κ1) is 22.7. The predicted octanol–water partition coefficient (Wildman–Crippen LogP) is 2.29. The van der Waals surface area contributed by atoms with Crippen LogP contribution < -0.4 is 5.32 Å². The number of thiazole rings is 1. The number of rotatable bonds is 7. The molecule has 4 heterocycles. The average Bonchev–Trinajstić information content (AvgIpc) is 3.48. The van der Waals surface area contributed by atoms with E-state index in [1.165, 1.54) is 10.9 Å². The van der Waals surface area contributed by atoms with Crippen LogP contribution >= 0.6 is 34.7 Å². The Bertz CT molecular complexity index is 1250. The van der Waals surface area contributed by atoms with Crippen LogP contribution in [0.15, 0.2) is 34.9 Å². The second kappa shape index (κ2) is 9.29. The highest BCUT2D eigenvalue weighted by atomic mass is 35.5. The highest BCUT2D eigenvalue weighted by molar-refractivity contribution is 8.01. The molecule has 4 aromatic rings. The van der Waals surface area contributed by atoms with E-state index < -0.39 is 31.1 Å². The highest BCUT2D eigenvalue weighted by Crippen LogP contribution is 2.33. The second-order valence-corrected chi connectivity index (χ2v) is 10.3. The number of hydrogen-bond acceptors (Lipinski definition) is 11. The monoisotopic (exact) mass is 508 g/mol. The normalized spacial score (nSPS) is 24.0. The standard InChI is InChI=1S/C20H21ClN6O4S2/c1-9(7-32-20-24-10-4-2-3-5-12(10)33-20)23-16-13-17(26-19(21)25-16)27(8-22-13)18-15(30)14(29)11(6-28)31-18/h2-5,8-9,11,14-15,18,28-30H,6-7H2,1H3,(H,23,25,26)/t9-,11+,14+,15+,18+/m1/s1. The van der Waals surface area contributed by atoms with Gasteiger partial charge in [-0.15, -0.1) is 11.3 Å². The van der Waals surface area contributed by atoms with E-state index in [-0.39, 0.29) is 11.3 Å². The molecule has 0 radical (unpaired) electrons. The second-order valence-electron chi connectivity index (χ2n) is 7.70. The predicted molar refractivity (Wildman–Crippen MR) is 127 cm³/mol. The number of aliphatic hydroxyl groups excluding tert-OH is 3. The number of imidazole rings is 1. The Morgan fingerprint density at radius 1 is 1.24 bits per heavy atom. The van der Waals surface area contributed by atoms with Crippen molar-refractivity contribution in [2.24, 2.45) is 0 Å². The fourth-order valence-electron chi connectivity index (χ4n) is 3.67. The number of nitrogens with one attached hydrogen (secondary N) is 1. The van der Waals surface area contributed by atoms with Crippen molar-refractivity contribution >= 4 is 61.9 Å². The summed E-state index contributed by atoms with van der Waals surface area (Å²) in [4.78, 5) is 17.6. The van der Waals surface area contributed by atoms with E-state index in [1.807, 2.05) is 25.1 Å². The van der Waals surface area contributed by atoms with Crippen LogP contribution in [0.1, 0.15) is 13.2 Å². The Labute approximate surface area is 201 Å². The molecule has 4 N–H and O–H groups in total. The quantitative estimate of drug-likeness (QED) is 0.217. The van der Waals surface area contributed by atoms with Crippen LogP contribution in [0, 0.1) is 0 Å². The molecule has 3 aromatic heterocycles. The third kappa shape index (κ3) is 4.39. The summed E-state index contributed by atoms with van der Waals surface area (Å²) >= 11 is 9.48. The van der Waals surface area contributed by atoms with Gasteiger partial charge in [-0.2, -0.15) is 9.97 Å². The lowest BCUT2D eigenvalue weighted by Crippen LogP contribution is -2.33. The molecule has 174 valence electrons. The molecule has 1 aliphatic heterocycles. The van der Waals surface area contributed by atoms with E-state index in [0.29, 0.717) is 17.0 Å². The van der Waals surface area contributed by atoms with Crippen molar-refractivity contribution in [3.8, 4) is 0 Å². The first-order chi connectivity index (χ1) is 15.9. The first-order valence-electron chi connectivity index (χ1n) is 10.2. The van der Waals surface area contributed by atoms with Crippen LogP contribution in [-0.2, 0) is 4.74 Å². The van der Waals surface area contributed by atoms with Crippen LogP contribution in [0.3, 0.4) is 0 Å². The van der Waals surface area contributed by atoms with Crippen molar-refractivity contribution in [1.29, 1.82) is 0 Å². The van der Waals surface area contributed by atoms with Crippen molar-refractivity contribution in [2.75, 3.05) is 17.7 Å². The van der Waals surface area contributed by atoms with Gasteiger partial charge in [0.05, 0.1) is 23.2 Å². The van der Waals surface area contributed by atoms with Crippen LogP contribution in [-0.4, -0.2) is 76.5 Å². The number of para-hydroxylation sites is 1. The molecule has 0 saturated carbocycles. The number of anilines is 1. The van der Waals surface area contributed by atoms with Crippen LogP contribution in [0.25, 0.3) is 21.4 Å². The van der Waals surface area contributed by atoms with E-state index in [9.17, 15) is 15.3 Å². The minimum absolute atomic E-state index is 0.00418. The van der Waals surface area contributed by atoms with Gasteiger partial charge < -0.3 is 25.4 Å². The molecule has 1 aliphatic rings. The molecule has 1 aromatic carbocycles. The summed E-state index contributed by atoms with van der Waals surface area (Å²) in [5.74, 6) is 1.19. The number of hydrogen-bond donors (Lipinski definition) is 4. The van der Waals surface area contributed by atoms with Gasteiger partial charge in [-0.25, -0.2) is 9.97 Å². The summed E-state index contributed by atoms with van der Waals surface area (Å²) in [7, 11) is 0. The molecule has 13 heteroatoms. The fourth-order valence-corrected chi connectivity index (χ4v) is 5.88. The lowest BCUT2D eigenvalue weighted by atomic mass is 10.1. The van der Waals surface area contributed by atoms with Crippen molar-refractivity contribution in [1.82, 2.24) is 24.5 Å². The maximum Gasteiger partial charge on any atom is 0.226 e. The van der Waals surface area contributed by atoms with E-state index in [1.54, 1.807) is 23.1 Å². The number of thioether (sulfide) groups is 1. The molecule has 0 amide bonds. The van der Waals surface area contributed by atoms with Gasteiger partial charge in [-0.3, -0.25) is 4.57 Å². The van der Waals surface area contributed by atoms with Crippen molar-refractivity contribution < 1.29 is 20.1 Å². The van der Waals surface area contributed by atoms with Crippen LogP contribution in [0.2, 0.25) is 5.28 Å². The van der Waals surface area contributed by atoms with E-state index in [2.05, 4.69) is 31.3 Å². The third-order valence-corrected chi connectivity index (χ3v) is 7.91. The Morgan fingerprint density at radius 3 is 2.82 bits per heavy atom. The van der Waals surface area contributed by atoms with E-state index in [0.717, 1.165) is 20.3 Å². The maximum absolute atomic E-state index is 10.4. The first-order valence-corrected chi connectivity index (χ1v) is 12.4. The highest BCUT2D eigenvalue weighted by Gasteiger charge is 2.44. The number of ether oxygens (including phenoxy) is 1. The fraction of sp³-hybridized carbons (Fsp3) is 0.400. The Hall–Kier alpha value is -2.06. The largest absolute Gasteiger partial charge is 0.394 e. The topological polar surface area (TPSA) is 138 Å². The number of benzene rings is 1. The van der Waals surface area contributed by atoms with Crippen molar-refractivity contribution in [3.63, 3.8) is 0 Å². The minimum Gasteiger partial charge on any atom is -0.394 e. The van der Waals surface area contributed by atoms with E-state index in [4.69, 9.17) is 16.3 Å². The molecule has 0 aliphatic carbocycles. The Balaban J connectivity index is 1.34. The number of aromatic nitrogens is 5. The summed E-state index contributed by atoms with van der Waals surface area (Å²) in [6.07, 6.45) is -2.91. The lowest BCUT2D eigenvalue weighted by molar-refractivity contribution is -0.0511. The van der Waals surface area contributed by atoms with Gasteiger partial charge >= 0.3 is 0 Å². The van der Waals surface area contributed by atoms with Crippen LogP contribution in [0.5, 0.6) is 0 Å². The van der Waals surface area contributed by atoms with Crippen molar-refractivity contribution in [2.45, 2.75) is 41.8 Å². The molecule has 33 heavy (non-hydrogen) atoms. The third-order valence-electron chi connectivity index (χ3n) is 5.30. The van der Waals surface area contributed by atoms with Crippen molar-refractivity contribution in [3.05, 3.63) is 35.9 Å². The summed E-state index contributed by atoms with van der Waals surface area (Å²) in [5.41, 5.74) is 1.79. The zero-order valence-electron chi connectivity index (χ0n) is 17.4. The molecule has 0 bridgehead atoms. The molecule has 10 nitrogen and oxygen atoms in total. The number of fused-ring (bicyclic) bond motifs is 2.